The minimum atomic E-state index is -0.114. The highest BCUT2D eigenvalue weighted by molar-refractivity contribution is 6.06. The maximum absolute atomic E-state index is 13.6. The van der Waals surface area contributed by atoms with E-state index in [9.17, 15) is 4.79 Å². The smallest absolute Gasteiger partial charge is 0.273 e. The Morgan fingerprint density at radius 2 is 1.74 bits per heavy atom. The van der Waals surface area contributed by atoms with E-state index in [1.165, 1.54) is 35.1 Å². The topological polar surface area (TPSA) is 75.4 Å². The number of carbonyl (C=O) groups is 1. The van der Waals surface area contributed by atoms with Gasteiger partial charge in [0, 0.05) is 31.1 Å². The first-order valence-corrected chi connectivity index (χ1v) is 12.3. The number of anilines is 1. The molecule has 0 spiro atoms. The lowest BCUT2D eigenvalue weighted by Crippen LogP contribution is -2.27. The summed E-state index contributed by atoms with van der Waals surface area (Å²) >= 11 is 0. The molecule has 1 aromatic heterocycles. The molecular weight excluding hydrogens is 434 g/mol. The molecule has 1 atom stereocenters. The molecule has 1 amide bonds. The van der Waals surface area contributed by atoms with Crippen LogP contribution in [0.25, 0.3) is 22.0 Å². The summed E-state index contributed by atoms with van der Waals surface area (Å²) in [6.45, 7) is 5.53. The average molecular weight is 464 g/mol. The van der Waals surface area contributed by atoms with Gasteiger partial charge in [-0.1, -0.05) is 54.6 Å². The highest BCUT2D eigenvalue weighted by Crippen LogP contribution is 2.32. The summed E-state index contributed by atoms with van der Waals surface area (Å²) in [6.07, 6.45) is 2.51. The van der Waals surface area contributed by atoms with Gasteiger partial charge in [0.05, 0.1) is 5.52 Å². The van der Waals surface area contributed by atoms with Crippen molar-refractivity contribution in [3.05, 3.63) is 89.1 Å². The van der Waals surface area contributed by atoms with E-state index < -0.39 is 0 Å². The van der Waals surface area contributed by atoms with E-state index in [1.807, 2.05) is 23.1 Å². The number of aromatic nitrogens is 2. The van der Waals surface area contributed by atoms with Gasteiger partial charge in [-0.05, 0) is 66.3 Å². The van der Waals surface area contributed by atoms with Gasteiger partial charge in [0.1, 0.15) is 5.69 Å². The van der Waals surface area contributed by atoms with Crippen molar-refractivity contribution in [1.82, 2.24) is 19.8 Å². The third-order valence-corrected chi connectivity index (χ3v) is 7.44. The molecule has 3 heterocycles. The van der Waals surface area contributed by atoms with Crippen LogP contribution in [0.2, 0.25) is 0 Å². The molecule has 0 bridgehead atoms. The van der Waals surface area contributed by atoms with Crippen molar-refractivity contribution in [1.29, 1.82) is 0 Å². The van der Waals surface area contributed by atoms with Gasteiger partial charge in [0.25, 0.3) is 5.91 Å². The number of carbonyl (C=O) groups excluding carboxylic acids is 1. The fourth-order valence-corrected chi connectivity index (χ4v) is 5.49. The van der Waals surface area contributed by atoms with Crippen LogP contribution in [0, 0.1) is 0 Å². The first-order chi connectivity index (χ1) is 17.1. The molecule has 6 heteroatoms. The van der Waals surface area contributed by atoms with Crippen LogP contribution >= 0.6 is 0 Å². The number of benzene rings is 3. The Morgan fingerprint density at radius 1 is 1.00 bits per heavy atom. The maximum Gasteiger partial charge on any atom is 0.273 e. The number of nitrogens with zero attached hydrogens (tertiary/aromatic N) is 4. The Balaban J connectivity index is 1.39. The zero-order valence-corrected chi connectivity index (χ0v) is 19.9. The molecule has 1 saturated heterocycles. The molecule has 176 valence electrons. The summed E-state index contributed by atoms with van der Waals surface area (Å²) in [7, 11) is 0. The van der Waals surface area contributed by atoms with Gasteiger partial charge < -0.3 is 10.6 Å². The van der Waals surface area contributed by atoms with E-state index >= 15 is 0 Å². The number of hydrogen-bond acceptors (Lipinski definition) is 5. The number of nitrogens with two attached hydrogens (primary N) is 1. The molecule has 2 N–H and O–H groups in total. The van der Waals surface area contributed by atoms with Gasteiger partial charge >= 0.3 is 0 Å². The monoisotopic (exact) mass is 463 g/mol. The van der Waals surface area contributed by atoms with Crippen molar-refractivity contribution >= 4 is 22.8 Å². The van der Waals surface area contributed by atoms with Crippen molar-refractivity contribution in [3.63, 3.8) is 0 Å². The highest BCUT2D eigenvalue weighted by atomic mass is 16.2. The van der Waals surface area contributed by atoms with Crippen molar-refractivity contribution in [3.8, 4) is 11.1 Å². The minimum Gasteiger partial charge on any atom is -0.368 e. The second kappa shape index (κ2) is 8.78. The first-order valence-electron chi connectivity index (χ1n) is 12.3. The number of rotatable bonds is 4. The van der Waals surface area contributed by atoms with Crippen molar-refractivity contribution in [2.75, 3.05) is 12.3 Å². The van der Waals surface area contributed by atoms with Crippen LogP contribution in [-0.4, -0.2) is 38.3 Å². The standard InChI is InChI=1S/C29H29N5O/c1-19-7-6-14-33(19)18-23-10-4-5-11-24(23)20-12-13-26-25(15-20)27(32-29(30)31-26)28(35)34-16-21-8-2-3-9-22(21)17-34/h2-5,8-13,15,19H,6-7,14,16-18H2,1H3,(H2,30,31,32)/t19-/m1/s1. The van der Waals surface area contributed by atoms with Gasteiger partial charge in [-0.15, -0.1) is 0 Å². The van der Waals surface area contributed by atoms with Gasteiger partial charge in [0.15, 0.2) is 0 Å². The molecule has 0 radical (unpaired) electrons. The number of nitrogen functional groups attached to an aromatic ring is 1. The fraction of sp³-hybridized carbons (Fsp3) is 0.276. The number of hydrogen-bond donors (Lipinski definition) is 1. The summed E-state index contributed by atoms with van der Waals surface area (Å²) in [5.74, 6) is 0.00496. The van der Waals surface area contributed by atoms with Crippen LogP contribution in [0.4, 0.5) is 5.95 Å². The number of likely N-dealkylation sites (tertiary alicyclic amines) is 1. The molecule has 6 nitrogen and oxygen atoms in total. The van der Waals surface area contributed by atoms with E-state index in [0.717, 1.165) is 24.0 Å². The molecule has 1 fully saturated rings. The predicted molar refractivity (Wildman–Crippen MR) is 139 cm³/mol. The summed E-state index contributed by atoms with van der Waals surface area (Å²) in [5, 5.41) is 0.738. The Morgan fingerprint density at radius 3 is 2.49 bits per heavy atom. The Labute approximate surface area is 205 Å². The Kier molecular flexibility index (Phi) is 5.46. The summed E-state index contributed by atoms with van der Waals surface area (Å²) in [5.41, 5.74) is 13.0. The molecule has 4 aromatic rings. The molecule has 2 aliphatic rings. The summed E-state index contributed by atoms with van der Waals surface area (Å²) in [6, 6.07) is 23.4. The molecule has 35 heavy (non-hydrogen) atoms. The molecule has 0 unspecified atom stereocenters. The number of amides is 1. The maximum atomic E-state index is 13.6. The first kappa shape index (κ1) is 21.7. The van der Waals surface area contributed by atoms with Crippen LogP contribution in [0.1, 0.15) is 46.9 Å². The molecule has 0 saturated carbocycles. The number of fused-ring (bicyclic) bond motifs is 2. The lowest BCUT2D eigenvalue weighted by atomic mass is 9.97. The fourth-order valence-electron chi connectivity index (χ4n) is 5.49. The zero-order chi connectivity index (χ0) is 23.9. The zero-order valence-electron chi connectivity index (χ0n) is 19.9. The van der Waals surface area contributed by atoms with Crippen molar-refractivity contribution in [2.24, 2.45) is 0 Å². The van der Waals surface area contributed by atoms with E-state index in [-0.39, 0.29) is 11.9 Å². The van der Waals surface area contributed by atoms with Crippen LogP contribution in [0.3, 0.4) is 0 Å². The second-order valence-corrected chi connectivity index (χ2v) is 9.71. The van der Waals surface area contributed by atoms with Crippen LogP contribution in [-0.2, 0) is 19.6 Å². The largest absolute Gasteiger partial charge is 0.368 e. The van der Waals surface area contributed by atoms with Gasteiger partial charge in [0.2, 0.25) is 5.95 Å². The molecular formula is C29H29N5O. The molecule has 3 aromatic carbocycles. The van der Waals surface area contributed by atoms with Gasteiger partial charge in [-0.2, -0.15) is 0 Å². The van der Waals surface area contributed by atoms with Crippen LogP contribution in [0.15, 0.2) is 66.7 Å². The lowest BCUT2D eigenvalue weighted by Gasteiger charge is -2.23. The van der Waals surface area contributed by atoms with Gasteiger partial charge in [-0.3, -0.25) is 9.69 Å². The lowest BCUT2D eigenvalue weighted by molar-refractivity contribution is 0.0747. The Bertz CT molecular complexity index is 1410. The normalized spacial score (nSPS) is 17.7. The van der Waals surface area contributed by atoms with E-state index in [0.29, 0.717) is 30.3 Å². The summed E-state index contributed by atoms with van der Waals surface area (Å²) < 4.78 is 0. The summed E-state index contributed by atoms with van der Waals surface area (Å²) in [4.78, 5) is 26.9. The van der Waals surface area contributed by atoms with Crippen LogP contribution in [0.5, 0.6) is 0 Å². The highest BCUT2D eigenvalue weighted by Gasteiger charge is 2.27. The molecule has 2 aliphatic heterocycles. The quantitative estimate of drug-likeness (QED) is 0.460. The van der Waals surface area contributed by atoms with Crippen molar-refractivity contribution < 1.29 is 4.79 Å². The van der Waals surface area contributed by atoms with E-state index in [2.05, 4.69) is 70.3 Å². The molecule has 0 aliphatic carbocycles. The molecule has 6 rings (SSSR count). The van der Waals surface area contributed by atoms with E-state index in [1.54, 1.807) is 0 Å². The third kappa shape index (κ3) is 4.04. The third-order valence-electron chi connectivity index (χ3n) is 7.44. The minimum absolute atomic E-state index is 0.114. The average Bonchev–Trinajstić information content (AvgIpc) is 3.49. The SMILES string of the molecule is C[C@@H]1CCCN1Cc1ccccc1-c1ccc2nc(N)nc(C(=O)N3Cc4ccccc4C3)c2c1. The van der Waals surface area contributed by atoms with Crippen molar-refractivity contribution in [2.45, 2.75) is 45.4 Å². The predicted octanol–water partition coefficient (Wildman–Crippen LogP) is 5.02. The second-order valence-electron chi connectivity index (χ2n) is 9.71. The van der Waals surface area contributed by atoms with E-state index in [4.69, 9.17) is 5.73 Å². The Hall–Kier alpha value is -3.77. The van der Waals surface area contributed by atoms with Gasteiger partial charge in [-0.25, -0.2) is 9.97 Å². The van der Waals surface area contributed by atoms with Crippen LogP contribution < -0.4 is 5.73 Å².